The number of Topliss-reactive ketones (excluding diaryl/α,β-unsaturated/α-hetero) is 1. The number of nitrogens with one attached hydrogen (secondary N) is 1. The molecule has 0 bridgehead atoms. The van der Waals surface area contributed by atoms with Crippen LogP contribution in [-0.2, 0) is 9.53 Å². The number of ketones is 1. The Balaban J connectivity index is 0.000000202. The standard InChI is InChI=1S/C12H10N2O.C6H13NO2/c1-7-12-10(4-5-13-7)9-3-2-8(15)6-11(9)14-12;1-3-9-6(4-7)5(2)8/h2-6,14-15H,1H3;6H,3-4,7H2,1-2H3. The van der Waals surface area contributed by atoms with Gasteiger partial charge in [0.05, 0.1) is 16.7 Å². The van der Waals surface area contributed by atoms with Crippen molar-refractivity contribution in [2.24, 2.45) is 5.73 Å². The third-order valence-electron chi connectivity index (χ3n) is 3.73. The summed E-state index contributed by atoms with van der Waals surface area (Å²) in [6.07, 6.45) is 1.41. The molecule has 2 heterocycles. The highest BCUT2D eigenvalue weighted by Gasteiger charge is 2.09. The van der Waals surface area contributed by atoms with E-state index in [0.29, 0.717) is 6.61 Å². The Morgan fingerprint density at radius 1 is 1.38 bits per heavy atom. The molecule has 6 heteroatoms. The smallest absolute Gasteiger partial charge is 0.159 e. The molecule has 0 aliphatic heterocycles. The number of carbonyl (C=O) groups is 1. The summed E-state index contributed by atoms with van der Waals surface area (Å²) < 4.78 is 4.98. The molecule has 0 radical (unpaired) electrons. The van der Waals surface area contributed by atoms with E-state index in [2.05, 4.69) is 9.97 Å². The number of nitrogens with zero attached hydrogens (tertiary/aromatic N) is 1. The molecule has 3 rings (SSSR count). The summed E-state index contributed by atoms with van der Waals surface area (Å²) in [6, 6.07) is 7.33. The van der Waals surface area contributed by atoms with Gasteiger partial charge in [-0.1, -0.05) is 0 Å². The van der Waals surface area contributed by atoms with Crippen molar-refractivity contribution in [2.45, 2.75) is 26.9 Å². The number of aryl methyl sites for hydroxylation is 1. The van der Waals surface area contributed by atoms with Gasteiger partial charge in [0.25, 0.3) is 0 Å². The van der Waals surface area contributed by atoms with Crippen molar-refractivity contribution in [1.29, 1.82) is 0 Å². The Labute approximate surface area is 140 Å². The largest absolute Gasteiger partial charge is 0.508 e. The molecule has 0 aliphatic rings. The first kappa shape index (κ1) is 17.9. The summed E-state index contributed by atoms with van der Waals surface area (Å²) in [4.78, 5) is 18.1. The molecule has 0 aliphatic carbocycles. The highest BCUT2D eigenvalue weighted by Crippen LogP contribution is 2.28. The maximum Gasteiger partial charge on any atom is 0.159 e. The van der Waals surface area contributed by atoms with Crippen LogP contribution in [0.3, 0.4) is 0 Å². The number of aromatic nitrogens is 2. The number of fused-ring (bicyclic) bond motifs is 3. The molecule has 0 amide bonds. The summed E-state index contributed by atoms with van der Waals surface area (Å²) in [6.45, 7) is 6.11. The minimum absolute atomic E-state index is 0.000602. The van der Waals surface area contributed by atoms with E-state index in [4.69, 9.17) is 10.5 Å². The van der Waals surface area contributed by atoms with Crippen molar-refractivity contribution < 1.29 is 14.6 Å². The van der Waals surface area contributed by atoms with Crippen LogP contribution >= 0.6 is 0 Å². The summed E-state index contributed by atoms with van der Waals surface area (Å²) in [5.41, 5.74) is 8.17. The molecule has 1 aromatic carbocycles. The lowest BCUT2D eigenvalue weighted by Crippen LogP contribution is -2.30. The van der Waals surface area contributed by atoms with Gasteiger partial charge in [-0.15, -0.1) is 0 Å². The lowest BCUT2D eigenvalue weighted by atomic mass is 10.1. The van der Waals surface area contributed by atoms with Gasteiger partial charge in [0.1, 0.15) is 11.9 Å². The number of phenols is 1. The Morgan fingerprint density at radius 2 is 2.12 bits per heavy atom. The highest BCUT2D eigenvalue weighted by molar-refractivity contribution is 6.08. The van der Waals surface area contributed by atoms with Crippen LogP contribution in [0.2, 0.25) is 0 Å². The SMILES string of the molecule is CCOC(CN)C(C)=O.Cc1nccc2c1[nH]c1cc(O)ccc12. The predicted molar refractivity (Wildman–Crippen MR) is 95.2 cm³/mol. The average Bonchev–Trinajstić information content (AvgIpc) is 2.92. The lowest BCUT2D eigenvalue weighted by molar-refractivity contribution is -0.127. The van der Waals surface area contributed by atoms with E-state index in [1.165, 1.54) is 6.92 Å². The number of ether oxygens (including phenoxy) is 1. The molecule has 4 N–H and O–H groups in total. The number of rotatable bonds is 4. The van der Waals surface area contributed by atoms with Gasteiger partial charge >= 0.3 is 0 Å². The van der Waals surface area contributed by atoms with Gasteiger partial charge < -0.3 is 20.6 Å². The monoisotopic (exact) mass is 329 g/mol. The number of aromatic hydroxyl groups is 1. The number of nitrogens with two attached hydrogens (primary N) is 1. The molecule has 2 aromatic heterocycles. The second-order valence-electron chi connectivity index (χ2n) is 5.46. The van der Waals surface area contributed by atoms with Crippen LogP contribution in [0.4, 0.5) is 0 Å². The van der Waals surface area contributed by atoms with Crippen LogP contribution in [0.25, 0.3) is 21.8 Å². The molecule has 128 valence electrons. The normalized spacial score (nSPS) is 12.0. The molecule has 1 atom stereocenters. The van der Waals surface area contributed by atoms with Gasteiger partial charge in [0.15, 0.2) is 5.78 Å². The summed E-state index contributed by atoms with van der Waals surface area (Å²) in [7, 11) is 0. The van der Waals surface area contributed by atoms with Gasteiger partial charge in [-0.2, -0.15) is 0 Å². The molecular formula is C18H23N3O3. The number of pyridine rings is 1. The number of H-pyrrole nitrogens is 1. The van der Waals surface area contributed by atoms with Crippen LogP contribution in [0, 0.1) is 6.92 Å². The molecule has 24 heavy (non-hydrogen) atoms. The molecule has 0 saturated heterocycles. The van der Waals surface area contributed by atoms with Gasteiger partial charge in [-0.25, -0.2) is 0 Å². The van der Waals surface area contributed by atoms with E-state index < -0.39 is 6.10 Å². The fourth-order valence-electron chi connectivity index (χ4n) is 2.51. The van der Waals surface area contributed by atoms with Crippen LogP contribution in [0.1, 0.15) is 19.5 Å². The van der Waals surface area contributed by atoms with Gasteiger partial charge in [-0.05, 0) is 39.0 Å². The first-order valence-corrected chi connectivity index (χ1v) is 7.86. The van der Waals surface area contributed by atoms with Crippen molar-refractivity contribution in [3.05, 3.63) is 36.2 Å². The summed E-state index contributed by atoms with van der Waals surface area (Å²) in [5.74, 6) is 0.277. The second-order valence-corrected chi connectivity index (χ2v) is 5.46. The van der Waals surface area contributed by atoms with Gasteiger partial charge in [0, 0.05) is 36.2 Å². The molecule has 0 saturated carbocycles. The first-order valence-electron chi connectivity index (χ1n) is 7.86. The maximum atomic E-state index is 10.6. The van der Waals surface area contributed by atoms with E-state index >= 15 is 0 Å². The topological polar surface area (TPSA) is 101 Å². The quantitative estimate of drug-likeness (QED) is 0.683. The molecule has 0 spiro atoms. The fraction of sp³-hybridized carbons (Fsp3) is 0.333. The van der Waals surface area contributed by atoms with E-state index in [1.54, 1.807) is 18.3 Å². The average molecular weight is 329 g/mol. The zero-order chi connectivity index (χ0) is 17.7. The highest BCUT2D eigenvalue weighted by atomic mass is 16.5. The van der Waals surface area contributed by atoms with Crippen LogP contribution in [0.5, 0.6) is 5.75 Å². The van der Waals surface area contributed by atoms with Crippen molar-refractivity contribution >= 4 is 27.6 Å². The Hall–Kier alpha value is -2.44. The van der Waals surface area contributed by atoms with Crippen LogP contribution in [0.15, 0.2) is 30.5 Å². The Morgan fingerprint density at radius 3 is 2.71 bits per heavy atom. The molecule has 3 aromatic rings. The number of benzene rings is 1. The van der Waals surface area contributed by atoms with Crippen molar-refractivity contribution in [3.8, 4) is 5.75 Å². The predicted octanol–water partition coefficient (Wildman–Crippen LogP) is 2.67. The van der Waals surface area contributed by atoms with Gasteiger partial charge in [0.2, 0.25) is 0 Å². The summed E-state index contributed by atoms with van der Waals surface area (Å²) >= 11 is 0. The number of hydrogen-bond acceptors (Lipinski definition) is 5. The minimum atomic E-state index is -0.394. The third-order valence-corrected chi connectivity index (χ3v) is 3.73. The Bertz CT molecular complexity index is 842. The molecular weight excluding hydrogens is 306 g/mol. The van der Waals surface area contributed by atoms with Gasteiger partial charge in [-0.3, -0.25) is 9.78 Å². The van der Waals surface area contributed by atoms with E-state index in [0.717, 1.165) is 27.5 Å². The summed E-state index contributed by atoms with van der Waals surface area (Å²) in [5, 5.41) is 11.7. The maximum absolute atomic E-state index is 10.6. The zero-order valence-corrected chi connectivity index (χ0v) is 14.2. The second kappa shape index (κ2) is 7.90. The van der Waals surface area contributed by atoms with E-state index in [1.807, 2.05) is 26.0 Å². The molecule has 1 unspecified atom stereocenters. The fourth-order valence-corrected chi connectivity index (χ4v) is 2.51. The van der Waals surface area contributed by atoms with Crippen molar-refractivity contribution in [2.75, 3.05) is 13.2 Å². The lowest BCUT2D eigenvalue weighted by Gasteiger charge is -2.09. The van der Waals surface area contributed by atoms with Crippen molar-refractivity contribution in [3.63, 3.8) is 0 Å². The molecule has 0 fully saturated rings. The number of hydrogen-bond donors (Lipinski definition) is 3. The number of carbonyl (C=O) groups excluding carboxylic acids is 1. The number of aromatic amines is 1. The van der Waals surface area contributed by atoms with E-state index in [9.17, 15) is 9.90 Å². The van der Waals surface area contributed by atoms with Crippen molar-refractivity contribution in [1.82, 2.24) is 9.97 Å². The van der Waals surface area contributed by atoms with E-state index in [-0.39, 0.29) is 18.1 Å². The molecule has 6 nitrogen and oxygen atoms in total. The minimum Gasteiger partial charge on any atom is -0.508 e. The number of phenolic OH excluding ortho intramolecular Hbond substituents is 1. The Kier molecular flexibility index (Phi) is 5.89. The van der Waals surface area contributed by atoms with Crippen LogP contribution < -0.4 is 5.73 Å². The third kappa shape index (κ3) is 3.90. The first-order chi connectivity index (χ1) is 11.5. The van der Waals surface area contributed by atoms with Crippen LogP contribution in [-0.4, -0.2) is 40.1 Å². The zero-order valence-electron chi connectivity index (χ0n) is 14.2.